The molecule has 0 spiro atoms. The molecule has 0 saturated carbocycles. The molecule has 1 aliphatic rings. The molecule has 1 aliphatic heterocycles. The lowest BCUT2D eigenvalue weighted by Gasteiger charge is -2.30. The molecule has 4 heteroatoms. The van der Waals surface area contributed by atoms with Crippen molar-refractivity contribution in [2.75, 3.05) is 12.3 Å². The summed E-state index contributed by atoms with van der Waals surface area (Å²) >= 11 is 0. The summed E-state index contributed by atoms with van der Waals surface area (Å²) in [7, 11) is 0. The van der Waals surface area contributed by atoms with Gasteiger partial charge in [-0.15, -0.1) is 0 Å². The van der Waals surface area contributed by atoms with Crippen LogP contribution in [0.5, 0.6) is 0 Å². The number of amides is 1. The molecule has 0 aliphatic carbocycles. The molecule has 1 atom stereocenters. The van der Waals surface area contributed by atoms with E-state index in [2.05, 4.69) is 0 Å². The normalized spacial score (nSPS) is 15.2. The first kappa shape index (κ1) is 14.6. The first-order valence-electron chi connectivity index (χ1n) is 7.59. The number of anilines is 1. The van der Waals surface area contributed by atoms with Gasteiger partial charge in [-0.05, 0) is 35.2 Å². The highest BCUT2D eigenvalue weighted by Gasteiger charge is 2.22. The Hall–Kier alpha value is -2.33. The van der Waals surface area contributed by atoms with E-state index in [1.807, 2.05) is 53.4 Å². The van der Waals surface area contributed by atoms with Crippen molar-refractivity contribution in [1.82, 2.24) is 4.90 Å². The minimum absolute atomic E-state index is 0.110. The van der Waals surface area contributed by atoms with Gasteiger partial charge in [0.25, 0.3) is 0 Å². The van der Waals surface area contributed by atoms with Crippen molar-refractivity contribution in [3.8, 4) is 0 Å². The molecule has 0 aromatic heterocycles. The standard InChI is InChI=1S/C18H21N3O/c19-16-7-6-15-12-21(9-8-14(15)10-16)18(22)11-17(20)13-4-2-1-3-5-13/h1-7,10,17H,8-9,11-12,19-20H2. The highest BCUT2D eigenvalue weighted by molar-refractivity contribution is 5.77. The topological polar surface area (TPSA) is 72.3 Å². The van der Waals surface area contributed by atoms with Crippen LogP contribution in [0.3, 0.4) is 0 Å². The van der Waals surface area contributed by atoms with E-state index in [1.54, 1.807) is 0 Å². The van der Waals surface area contributed by atoms with E-state index in [1.165, 1.54) is 11.1 Å². The van der Waals surface area contributed by atoms with Crippen LogP contribution in [0.4, 0.5) is 5.69 Å². The van der Waals surface area contributed by atoms with Crippen molar-refractivity contribution < 1.29 is 4.79 Å². The molecule has 1 amide bonds. The van der Waals surface area contributed by atoms with Crippen molar-refractivity contribution in [2.45, 2.75) is 25.4 Å². The maximum Gasteiger partial charge on any atom is 0.224 e. The predicted molar refractivity (Wildman–Crippen MR) is 88.0 cm³/mol. The molecule has 2 aromatic carbocycles. The highest BCUT2D eigenvalue weighted by Crippen LogP contribution is 2.23. The van der Waals surface area contributed by atoms with Crippen LogP contribution < -0.4 is 11.5 Å². The second-order valence-electron chi connectivity index (χ2n) is 5.81. The lowest BCUT2D eigenvalue weighted by molar-refractivity contribution is -0.132. The molecular formula is C18H21N3O. The van der Waals surface area contributed by atoms with E-state index in [0.29, 0.717) is 13.0 Å². The van der Waals surface area contributed by atoms with Crippen molar-refractivity contribution in [2.24, 2.45) is 5.73 Å². The van der Waals surface area contributed by atoms with Gasteiger partial charge in [0.2, 0.25) is 5.91 Å². The summed E-state index contributed by atoms with van der Waals surface area (Å²) < 4.78 is 0. The summed E-state index contributed by atoms with van der Waals surface area (Å²) in [5.41, 5.74) is 16.2. The monoisotopic (exact) mass is 295 g/mol. The number of nitrogens with zero attached hydrogens (tertiary/aromatic N) is 1. The second kappa shape index (κ2) is 6.20. The van der Waals surface area contributed by atoms with E-state index in [0.717, 1.165) is 24.2 Å². The van der Waals surface area contributed by atoms with Gasteiger partial charge in [-0.3, -0.25) is 4.79 Å². The minimum Gasteiger partial charge on any atom is -0.399 e. The Morgan fingerprint density at radius 1 is 1.14 bits per heavy atom. The second-order valence-corrected chi connectivity index (χ2v) is 5.81. The molecule has 4 nitrogen and oxygen atoms in total. The van der Waals surface area contributed by atoms with Crippen molar-refractivity contribution in [3.63, 3.8) is 0 Å². The maximum atomic E-state index is 12.5. The molecule has 2 aromatic rings. The van der Waals surface area contributed by atoms with Crippen molar-refractivity contribution in [3.05, 3.63) is 65.2 Å². The van der Waals surface area contributed by atoms with E-state index in [-0.39, 0.29) is 11.9 Å². The third-order valence-electron chi connectivity index (χ3n) is 4.22. The summed E-state index contributed by atoms with van der Waals surface area (Å²) in [5.74, 6) is 0.110. The molecule has 4 N–H and O–H groups in total. The van der Waals surface area contributed by atoms with Gasteiger partial charge in [-0.2, -0.15) is 0 Å². The number of benzene rings is 2. The van der Waals surface area contributed by atoms with Crippen LogP contribution in [0.2, 0.25) is 0 Å². The van der Waals surface area contributed by atoms with Crippen molar-refractivity contribution >= 4 is 11.6 Å². The molecule has 1 heterocycles. The first-order chi connectivity index (χ1) is 10.6. The van der Waals surface area contributed by atoms with Gasteiger partial charge in [0.05, 0.1) is 0 Å². The number of hydrogen-bond acceptors (Lipinski definition) is 3. The lowest BCUT2D eigenvalue weighted by atomic mass is 9.98. The number of carbonyl (C=O) groups is 1. The zero-order valence-corrected chi connectivity index (χ0v) is 12.5. The Morgan fingerprint density at radius 3 is 2.68 bits per heavy atom. The van der Waals surface area contributed by atoms with Gasteiger partial charge in [-0.25, -0.2) is 0 Å². The maximum absolute atomic E-state index is 12.5. The number of fused-ring (bicyclic) bond motifs is 1. The zero-order valence-electron chi connectivity index (χ0n) is 12.5. The molecule has 1 unspecified atom stereocenters. The smallest absolute Gasteiger partial charge is 0.224 e. The summed E-state index contributed by atoms with van der Waals surface area (Å²) in [6.07, 6.45) is 1.20. The van der Waals surface area contributed by atoms with Gasteiger partial charge in [0, 0.05) is 31.2 Å². The van der Waals surface area contributed by atoms with Crippen LogP contribution in [0.1, 0.15) is 29.2 Å². The molecule has 0 bridgehead atoms. The minimum atomic E-state index is -0.249. The van der Waals surface area contributed by atoms with Gasteiger partial charge in [0.1, 0.15) is 0 Å². The van der Waals surface area contributed by atoms with Crippen molar-refractivity contribution in [1.29, 1.82) is 0 Å². The van der Waals surface area contributed by atoms with Crippen LogP contribution in [-0.2, 0) is 17.8 Å². The Balaban J connectivity index is 1.65. The molecule has 22 heavy (non-hydrogen) atoms. The molecule has 0 saturated heterocycles. The Bertz CT molecular complexity index is 669. The summed E-state index contributed by atoms with van der Waals surface area (Å²) in [4.78, 5) is 14.4. The fourth-order valence-corrected chi connectivity index (χ4v) is 2.92. The number of rotatable bonds is 3. The zero-order chi connectivity index (χ0) is 15.5. The highest BCUT2D eigenvalue weighted by atomic mass is 16.2. The largest absolute Gasteiger partial charge is 0.399 e. The predicted octanol–water partition coefficient (Wildman–Crippen LogP) is 2.24. The van der Waals surface area contributed by atoms with E-state index in [4.69, 9.17) is 11.5 Å². The summed E-state index contributed by atoms with van der Waals surface area (Å²) in [6, 6.07) is 15.4. The third kappa shape index (κ3) is 3.12. The number of nitrogens with two attached hydrogens (primary N) is 2. The molecule has 114 valence electrons. The van der Waals surface area contributed by atoms with E-state index in [9.17, 15) is 4.79 Å². The third-order valence-corrected chi connectivity index (χ3v) is 4.22. The van der Waals surface area contributed by atoms with Crippen LogP contribution >= 0.6 is 0 Å². The lowest BCUT2D eigenvalue weighted by Crippen LogP contribution is -2.37. The quantitative estimate of drug-likeness (QED) is 0.853. The Labute approximate surface area is 130 Å². The Morgan fingerprint density at radius 2 is 1.91 bits per heavy atom. The van der Waals surface area contributed by atoms with E-state index < -0.39 is 0 Å². The SMILES string of the molecule is Nc1ccc2c(c1)CCN(C(=O)CC(N)c1ccccc1)C2. The number of carbonyl (C=O) groups excluding carboxylic acids is 1. The average Bonchev–Trinajstić information content (AvgIpc) is 2.55. The molecule has 3 rings (SSSR count). The first-order valence-corrected chi connectivity index (χ1v) is 7.59. The summed E-state index contributed by atoms with van der Waals surface area (Å²) in [6.45, 7) is 1.38. The molecule has 0 fully saturated rings. The van der Waals surface area contributed by atoms with Crippen LogP contribution in [-0.4, -0.2) is 17.4 Å². The van der Waals surface area contributed by atoms with Gasteiger partial charge < -0.3 is 16.4 Å². The van der Waals surface area contributed by atoms with Gasteiger partial charge in [0.15, 0.2) is 0 Å². The number of nitrogen functional groups attached to an aromatic ring is 1. The van der Waals surface area contributed by atoms with E-state index >= 15 is 0 Å². The van der Waals surface area contributed by atoms with Crippen LogP contribution in [0.15, 0.2) is 48.5 Å². The van der Waals surface area contributed by atoms with Crippen LogP contribution in [0, 0.1) is 0 Å². The fraction of sp³-hybridized carbons (Fsp3) is 0.278. The fourth-order valence-electron chi connectivity index (χ4n) is 2.92. The van der Waals surface area contributed by atoms with Gasteiger partial charge in [-0.1, -0.05) is 36.4 Å². The average molecular weight is 295 g/mol. The molecular weight excluding hydrogens is 274 g/mol. The van der Waals surface area contributed by atoms with Gasteiger partial charge >= 0.3 is 0 Å². The number of hydrogen-bond donors (Lipinski definition) is 2. The Kier molecular flexibility index (Phi) is 4.11. The van der Waals surface area contributed by atoms with Crippen LogP contribution in [0.25, 0.3) is 0 Å². The molecule has 0 radical (unpaired) electrons. The summed E-state index contributed by atoms with van der Waals surface area (Å²) in [5, 5.41) is 0.